The van der Waals surface area contributed by atoms with E-state index >= 15 is 0 Å². The topological polar surface area (TPSA) is 6.48 Å². The van der Waals surface area contributed by atoms with Gasteiger partial charge in [-0.3, -0.25) is 4.90 Å². The van der Waals surface area contributed by atoms with Gasteiger partial charge in [0, 0.05) is 32.7 Å². The molecule has 0 spiro atoms. The highest BCUT2D eigenvalue weighted by molar-refractivity contribution is 9.10. The van der Waals surface area contributed by atoms with Crippen LogP contribution in [0.4, 0.5) is 17.6 Å². The second-order valence-corrected chi connectivity index (χ2v) is 6.09. The average Bonchev–Trinajstić information content (AvgIpc) is 2.40. The average molecular weight is 369 g/mol. The molecule has 0 aromatic heterocycles. The van der Waals surface area contributed by atoms with Gasteiger partial charge in [0.15, 0.2) is 0 Å². The number of halogens is 5. The van der Waals surface area contributed by atoms with Gasteiger partial charge in [-0.05, 0) is 40.0 Å². The van der Waals surface area contributed by atoms with Gasteiger partial charge in [0.1, 0.15) is 5.82 Å². The van der Waals surface area contributed by atoms with Gasteiger partial charge in [0.05, 0.1) is 11.0 Å². The molecule has 21 heavy (non-hydrogen) atoms. The van der Waals surface area contributed by atoms with Crippen LogP contribution in [0.5, 0.6) is 0 Å². The highest BCUT2D eigenvalue weighted by atomic mass is 79.9. The third-order valence-corrected chi connectivity index (χ3v) is 4.18. The van der Waals surface area contributed by atoms with E-state index in [2.05, 4.69) is 20.8 Å². The highest BCUT2D eigenvalue weighted by Gasteiger charge is 2.31. The zero-order chi connectivity index (χ0) is 15.5. The molecule has 0 saturated carbocycles. The number of nitrogens with zero attached hydrogens (tertiary/aromatic N) is 2. The molecule has 0 bridgehead atoms. The maximum atomic E-state index is 13.1. The van der Waals surface area contributed by atoms with Crippen molar-refractivity contribution in [2.24, 2.45) is 0 Å². The van der Waals surface area contributed by atoms with Gasteiger partial charge in [-0.2, -0.15) is 13.2 Å². The van der Waals surface area contributed by atoms with Crippen LogP contribution < -0.4 is 0 Å². The Morgan fingerprint density at radius 2 is 1.67 bits per heavy atom. The summed E-state index contributed by atoms with van der Waals surface area (Å²) in [7, 11) is 0. The number of rotatable bonds is 4. The van der Waals surface area contributed by atoms with Gasteiger partial charge in [-0.15, -0.1) is 0 Å². The van der Waals surface area contributed by atoms with E-state index in [-0.39, 0.29) is 5.82 Å². The van der Waals surface area contributed by atoms with E-state index in [1.807, 2.05) is 0 Å². The van der Waals surface area contributed by atoms with Crippen molar-refractivity contribution < 1.29 is 17.6 Å². The third kappa shape index (κ3) is 5.56. The molecule has 0 amide bonds. The van der Waals surface area contributed by atoms with Gasteiger partial charge in [0.2, 0.25) is 0 Å². The van der Waals surface area contributed by atoms with Gasteiger partial charge < -0.3 is 4.90 Å². The van der Waals surface area contributed by atoms with E-state index in [0.29, 0.717) is 30.7 Å². The molecule has 1 fully saturated rings. The molecule has 118 valence electrons. The SMILES string of the molecule is Fc1ccc(CCN2CCN(CC(F)(F)F)CC2)cc1Br. The lowest BCUT2D eigenvalue weighted by Gasteiger charge is -2.34. The van der Waals surface area contributed by atoms with Crippen molar-refractivity contribution in [2.75, 3.05) is 39.3 Å². The zero-order valence-corrected chi connectivity index (χ0v) is 13.1. The molecular weight excluding hydrogens is 352 g/mol. The minimum absolute atomic E-state index is 0.292. The first kappa shape index (κ1) is 16.7. The van der Waals surface area contributed by atoms with E-state index in [4.69, 9.17) is 0 Å². The molecule has 0 aliphatic carbocycles. The molecule has 2 nitrogen and oxygen atoms in total. The van der Waals surface area contributed by atoms with Gasteiger partial charge >= 0.3 is 6.18 Å². The van der Waals surface area contributed by atoms with Crippen LogP contribution in [-0.2, 0) is 6.42 Å². The number of alkyl halides is 3. The molecule has 2 rings (SSSR count). The number of piperazine rings is 1. The van der Waals surface area contributed by atoms with E-state index in [1.165, 1.54) is 11.0 Å². The Kier molecular flexibility index (Phi) is 5.62. The Hall–Kier alpha value is -0.660. The molecule has 0 radical (unpaired) electrons. The molecule has 0 N–H and O–H groups in total. The molecule has 1 aromatic rings. The van der Waals surface area contributed by atoms with Crippen LogP contribution >= 0.6 is 15.9 Å². The second-order valence-electron chi connectivity index (χ2n) is 5.23. The normalized spacial score (nSPS) is 18.1. The fraction of sp³-hybridized carbons (Fsp3) is 0.571. The largest absolute Gasteiger partial charge is 0.401 e. The summed E-state index contributed by atoms with van der Waals surface area (Å²) in [5.74, 6) is -0.292. The van der Waals surface area contributed by atoms with Crippen LogP contribution in [0.2, 0.25) is 0 Å². The predicted octanol–water partition coefficient (Wildman–Crippen LogP) is 3.31. The first-order valence-corrected chi connectivity index (χ1v) is 7.58. The monoisotopic (exact) mass is 368 g/mol. The summed E-state index contributed by atoms with van der Waals surface area (Å²) in [5, 5.41) is 0. The maximum absolute atomic E-state index is 13.1. The minimum atomic E-state index is -4.12. The molecule has 1 aliphatic rings. The smallest absolute Gasteiger partial charge is 0.300 e. The van der Waals surface area contributed by atoms with E-state index in [0.717, 1.165) is 18.5 Å². The van der Waals surface area contributed by atoms with E-state index in [1.54, 1.807) is 12.1 Å². The minimum Gasteiger partial charge on any atom is -0.300 e. The van der Waals surface area contributed by atoms with Crippen molar-refractivity contribution in [3.63, 3.8) is 0 Å². The molecule has 1 aliphatic heterocycles. The lowest BCUT2D eigenvalue weighted by atomic mass is 10.1. The first-order valence-electron chi connectivity index (χ1n) is 6.79. The van der Waals surface area contributed by atoms with Crippen molar-refractivity contribution in [1.29, 1.82) is 0 Å². The maximum Gasteiger partial charge on any atom is 0.401 e. The molecular formula is C14H17BrF4N2. The predicted molar refractivity (Wildman–Crippen MR) is 76.7 cm³/mol. The van der Waals surface area contributed by atoms with Crippen molar-refractivity contribution in [1.82, 2.24) is 9.80 Å². The molecule has 1 heterocycles. The van der Waals surface area contributed by atoms with Crippen molar-refractivity contribution in [3.05, 3.63) is 34.1 Å². The Morgan fingerprint density at radius 3 is 2.24 bits per heavy atom. The summed E-state index contributed by atoms with van der Waals surface area (Å²) >= 11 is 3.15. The van der Waals surface area contributed by atoms with Gasteiger partial charge in [0.25, 0.3) is 0 Å². The van der Waals surface area contributed by atoms with Crippen LogP contribution in [0, 0.1) is 5.82 Å². The molecule has 1 aromatic carbocycles. The van der Waals surface area contributed by atoms with E-state index < -0.39 is 12.7 Å². The fourth-order valence-corrected chi connectivity index (χ4v) is 2.83. The highest BCUT2D eigenvalue weighted by Crippen LogP contribution is 2.19. The molecule has 0 atom stereocenters. The van der Waals surface area contributed by atoms with Crippen LogP contribution in [0.25, 0.3) is 0 Å². The summed E-state index contributed by atoms with van der Waals surface area (Å²) in [6.45, 7) is 2.10. The number of hydrogen-bond acceptors (Lipinski definition) is 2. The Labute approximate surface area is 129 Å². The lowest BCUT2D eigenvalue weighted by molar-refractivity contribution is -0.149. The van der Waals surface area contributed by atoms with Crippen LogP contribution in [-0.4, -0.2) is 55.2 Å². The summed E-state index contributed by atoms with van der Waals surface area (Å²) in [5.41, 5.74) is 1.01. The third-order valence-electron chi connectivity index (χ3n) is 3.57. The number of benzene rings is 1. The number of hydrogen-bond donors (Lipinski definition) is 0. The molecule has 0 unspecified atom stereocenters. The quantitative estimate of drug-likeness (QED) is 0.752. The Morgan fingerprint density at radius 1 is 1.05 bits per heavy atom. The Bertz CT molecular complexity index is 471. The molecule has 1 saturated heterocycles. The molecule has 7 heteroatoms. The van der Waals surface area contributed by atoms with Crippen LogP contribution in [0.15, 0.2) is 22.7 Å². The van der Waals surface area contributed by atoms with E-state index in [9.17, 15) is 17.6 Å². The van der Waals surface area contributed by atoms with Crippen LogP contribution in [0.3, 0.4) is 0 Å². The summed E-state index contributed by atoms with van der Waals surface area (Å²) < 4.78 is 50.4. The standard InChI is InChI=1S/C14H17BrF4N2/c15-12-9-11(1-2-13(12)16)3-4-20-5-7-21(8-6-20)10-14(17,18)19/h1-2,9H,3-8,10H2. The van der Waals surface area contributed by atoms with Crippen molar-refractivity contribution >= 4 is 15.9 Å². The van der Waals surface area contributed by atoms with Crippen LogP contribution in [0.1, 0.15) is 5.56 Å². The zero-order valence-electron chi connectivity index (χ0n) is 11.5. The first-order chi connectivity index (χ1) is 9.83. The van der Waals surface area contributed by atoms with Gasteiger partial charge in [-0.25, -0.2) is 4.39 Å². The summed E-state index contributed by atoms with van der Waals surface area (Å²) in [6.07, 6.45) is -3.36. The summed E-state index contributed by atoms with van der Waals surface area (Å²) in [4.78, 5) is 3.58. The van der Waals surface area contributed by atoms with Crippen molar-refractivity contribution in [3.8, 4) is 0 Å². The Balaban J connectivity index is 1.75. The van der Waals surface area contributed by atoms with Gasteiger partial charge in [-0.1, -0.05) is 6.07 Å². The second kappa shape index (κ2) is 7.07. The summed E-state index contributed by atoms with van der Waals surface area (Å²) in [6, 6.07) is 4.90. The fourth-order valence-electron chi connectivity index (χ4n) is 2.41. The van der Waals surface area contributed by atoms with Crippen molar-refractivity contribution in [2.45, 2.75) is 12.6 Å². The lowest BCUT2D eigenvalue weighted by Crippen LogP contribution is -2.49.